The zero-order valence-electron chi connectivity index (χ0n) is 10.0. The van der Waals surface area contributed by atoms with Gasteiger partial charge in [-0.3, -0.25) is 4.79 Å². The predicted molar refractivity (Wildman–Crippen MR) is 61.5 cm³/mol. The van der Waals surface area contributed by atoms with E-state index in [1.165, 1.54) is 0 Å². The van der Waals surface area contributed by atoms with E-state index in [2.05, 4.69) is 18.2 Å². The molecule has 88 valence electrons. The Hall–Kier alpha value is -1.30. The van der Waals surface area contributed by atoms with Crippen molar-refractivity contribution in [2.24, 2.45) is 11.3 Å². The fourth-order valence-electron chi connectivity index (χ4n) is 2.32. The molecule has 0 radical (unpaired) electrons. The molecule has 0 aromatic rings. The predicted octanol–water partition coefficient (Wildman–Crippen LogP) is 2.83. The van der Waals surface area contributed by atoms with Crippen molar-refractivity contribution in [1.29, 1.82) is 5.26 Å². The third kappa shape index (κ3) is 2.27. The highest BCUT2D eigenvalue weighted by Gasteiger charge is 2.45. The maximum Gasteiger partial charge on any atom is 0.326 e. The molecule has 2 atom stereocenters. The van der Waals surface area contributed by atoms with Gasteiger partial charge in [0.05, 0.1) is 12.7 Å². The molecule has 0 saturated carbocycles. The van der Waals surface area contributed by atoms with Crippen molar-refractivity contribution in [2.45, 2.75) is 39.5 Å². The number of ether oxygens (including phenoxy) is 1. The molecule has 0 aliphatic heterocycles. The summed E-state index contributed by atoms with van der Waals surface area (Å²) in [4.78, 5) is 12.0. The van der Waals surface area contributed by atoms with Gasteiger partial charge in [0.1, 0.15) is 0 Å². The van der Waals surface area contributed by atoms with Crippen molar-refractivity contribution in [3.63, 3.8) is 0 Å². The van der Waals surface area contributed by atoms with Crippen LogP contribution in [0.2, 0.25) is 0 Å². The second-order valence-electron chi connectivity index (χ2n) is 4.14. The van der Waals surface area contributed by atoms with Crippen LogP contribution in [0.3, 0.4) is 0 Å². The Kier molecular flexibility index (Phi) is 4.54. The highest BCUT2D eigenvalue weighted by atomic mass is 16.5. The van der Waals surface area contributed by atoms with Gasteiger partial charge in [-0.2, -0.15) is 5.26 Å². The second-order valence-corrected chi connectivity index (χ2v) is 4.14. The lowest BCUT2D eigenvalue weighted by Crippen LogP contribution is -2.39. The Morgan fingerprint density at radius 1 is 1.56 bits per heavy atom. The first-order valence-electron chi connectivity index (χ1n) is 5.94. The molecule has 1 aliphatic rings. The maximum atomic E-state index is 12.0. The van der Waals surface area contributed by atoms with Crippen LogP contribution in [0.4, 0.5) is 0 Å². The summed E-state index contributed by atoms with van der Waals surface area (Å²) >= 11 is 0. The number of rotatable bonds is 4. The molecule has 0 amide bonds. The zero-order valence-corrected chi connectivity index (χ0v) is 10.0. The maximum absolute atomic E-state index is 12.0. The normalized spacial score (nSPS) is 23.2. The molecule has 0 bridgehead atoms. The average Bonchev–Trinajstić information content (AvgIpc) is 2.33. The van der Waals surface area contributed by atoms with Crippen LogP contribution in [0.15, 0.2) is 12.2 Å². The highest BCUT2D eigenvalue weighted by Crippen LogP contribution is 2.39. The molecule has 0 spiro atoms. The van der Waals surface area contributed by atoms with E-state index < -0.39 is 5.41 Å². The van der Waals surface area contributed by atoms with Crippen LogP contribution in [0.25, 0.3) is 0 Å². The van der Waals surface area contributed by atoms with E-state index in [1.807, 2.05) is 6.92 Å². The minimum atomic E-state index is -0.944. The quantitative estimate of drug-likeness (QED) is 0.541. The topological polar surface area (TPSA) is 50.1 Å². The molecular formula is C13H19NO2. The van der Waals surface area contributed by atoms with Gasteiger partial charge in [0.25, 0.3) is 0 Å². The zero-order chi connectivity index (χ0) is 12.0. The second kappa shape index (κ2) is 5.69. The number of allylic oxidation sites excluding steroid dienone is 2. The van der Waals surface area contributed by atoms with Gasteiger partial charge in [-0.05, 0) is 38.5 Å². The van der Waals surface area contributed by atoms with Crippen LogP contribution in [0.5, 0.6) is 0 Å². The number of nitrogens with zero attached hydrogens (tertiary/aromatic N) is 1. The van der Waals surface area contributed by atoms with Crippen LogP contribution in [-0.4, -0.2) is 12.6 Å². The molecule has 0 fully saturated rings. The monoisotopic (exact) mass is 221 g/mol. The number of carbonyl (C=O) groups is 1. The van der Waals surface area contributed by atoms with Gasteiger partial charge in [0, 0.05) is 0 Å². The first kappa shape index (κ1) is 12.8. The summed E-state index contributed by atoms with van der Waals surface area (Å²) in [5.41, 5.74) is -0.944. The summed E-state index contributed by atoms with van der Waals surface area (Å²) in [7, 11) is 0. The van der Waals surface area contributed by atoms with Crippen molar-refractivity contribution in [2.75, 3.05) is 6.61 Å². The summed E-state index contributed by atoms with van der Waals surface area (Å²) in [5, 5.41) is 9.35. The first-order valence-corrected chi connectivity index (χ1v) is 5.94. The Bertz CT molecular complexity index is 316. The van der Waals surface area contributed by atoms with Crippen LogP contribution < -0.4 is 0 Å². The van der Waals surface area contributed by atoms with E-state index in [9.17, 15) is 10.1 Å². The summed E-state index contributed by atoms with van der Waals surface area (Å²) in [6.07, 6.45) is 7.36. The van der Waals surface area contributed by atoms with Gasteiger partial charge >= 0.3 is 5.97 Å². The molecule has 0 N–H and O–H groups in total. The Balaban J connectivity index is 2.91. The minimum Gasteiger partial charge on any atom is -0.465 e. The van der Waals surface area contributed by atoms with E-state index in [0.29, 0.717) is 13.0 Å². The van der Waals surface area contributed by atoms with E-state index >= 15 is 0 Å². The van der Waals surface area contributed by atoms with E-state index in [4.69, 9.17) is 4.74 Å². The van der Waals surface area contributed by atoms with Gasteiger partial charge in [0.2, 0.25) is 0 Å². The average molecular weight is 221 g/mol. The third-order valence-electron chi connectivity index (χ3n) is 3.36. The molecule has 0 saturated heterocycles. The smallest absolute Gasteiger partial charge is 0.326 e. The van der Waals surface area contributed by atoms with Crippen LogP contribution in [0, 0.1) is 22.7 Å². The fourth-order valence-corrected chi connectivity index (χ4v) is 2.32. The number of nitriles is 1. The van der Waals surface area contributed by atoms with Gasteiger partial charge in [-0.1, -0.05) is 19.1 Å². The number of esters is 1. The highest BCUT2D eigenvalue weighted by molar-refractivity contribution is 5.80. The minimum absolute atomic E-state index is 0.103. The van der Waals surface area contributed by atoms with Crippen molar-refractivity contribution < 1.29 is 9.53 Å². The first-order chi connectivity index (χ1) is 7.71. The molecule has 16 heavy (non-hydrogen) atoms. The standard InChI is InChI=1S/C13H19NO2/c1-3-13(10-14,12(15)16-4-2)11-8-6-5-7-9-11/h5-6,11H,3-4,7-9H2,1-2H3. The van der Waals surface area contributed by atoms with E-state index in [0.717, 1.165) is 19.3 Å². The Morgan fingerprint density at radius 3 is 2.75 bits per heavy atom. The van der Waals surface area contributed by atoms with Gasteiger partial charge in [0.15, 0.2) is 5.41 Å². The third-order valence-corrected chi connectivity index (χ3v) is 3.36. The van der Waals surface area contributed by atoms with Crippen LogP contribution in [0.1, 0.15) is 39.5 Å². The summed E-state index contributed by atoms with van der Waals surface area (Å²) in [6, 6.07) is 2.21. The summed E-state index contributed by atoms with van der Waals surface area (Å²) < 4.78 is 5.06. The molecule has 1 rings (SSSR count). The molecule has 0 heterocycles. The number of hydrogen-bond donors (Lipinski definition) is 0. The molecule has 0 aromatic heterocycles. The van der Waals surface area contributed by atoms with Gasteiger partial charge in [-0.15, -0.1) is 0 Å². The number of hydrogen-bond acceptors (Lipinski definition) is 3. The SMILES string of the molecule is CCOC(=O)C(C#N)(CC)C1CC=CCC1. The molecule has 2 unspecified atom stereocenters. The van der Waals surface area contributed by atoms with Crippen molar-refractivity contribution in [3.05, 3.63) is 12.2 Å². The summed E-state index contributed by atoms with van der Waals surface area (Å²) in [5.74, 6) is -0.244. The molecule has 3 heteroatoms. The molecule has 0 aromatic carbocycles. The lowest BCUT2D eigenvalue weighted by Gasteiger charge is -2.32. The molecule has 1 aliphatic carbocycles. The number of carbonyl (C=O) groups excluding carboxylic acids is 1. The van der Waals surface area contributed by atoms with Crippen LogP contribution in [-0.2, 0) is 9.53 Å². The van der Waals surface area contributed by atoms with Crippen molar-refractivity contribution in [3.8, 4) is 6.07 Å². The molecule has 3 nitrogen and oxygen atoms in total. The molecular weight excluding hydrogens is 202 g/mol. The fraction of sp³-hybridized carbons (Fsp3) is 0.692. The van der Waals surface area contributed by atoms with E-state index in [1.54, 1.807) is 6.92 Å². The summed E-state index contributed by atoms with van der Waals surface area (Å²) in [6.45, 7) is 4.00. The van der Waals surface area contributed by atoms with Crippen LogP contribution >= 0.6 is 0 Å². The Labute approximate surface area is 97.1 Å². The van der Waals surface area contributed by atoms with Crippen molar-refractivity contribution in [1.82, 2.24) is 0 Å². The largest absolute Gasteiger partial charge is 0.465 e. The van der Waals surface area contributed by atoms with E-state index in [-0.39, 0.29) is 11.9 Å². The van der Waals surface area contributed by atoms with Gasteiger partial charge in [-0.25, -0.2) is 0 Å². The van der Waals surface area contributed by atoms with Crippen molar-refractivity contribution >= 4 is 5.97 Å². The Morgan fingerprint density at radius 2 is 2.31 bits per heavy atom. The van der Waals surface area contributed by atoms with Gasteiger partial charge < -0.3 is 4.74 Å². The lowest BCUT2D eigenvalue weighted by atomic mass is 9.69. The lowest BCUT2D eigenvalue weighted by molar-refractivity contribution is -0.155.